The van der Waals surface area contributed by atoms with Crippen molar-refractivity contribution in [1.29, 1.82) is 0 Å². The van der Waals surface area contributed by atoms with Crippen molar-refractivity contribution < 1.29 is 14.5 Å². The number of nitrogens with one attached hydrogen (secondary N) is 1. The molecule has 8 nitrogen and oxygen atoms in total. The van der Waals surface area contributed by atoms with Gasteiger partial charge in [0.15, 0.2) is 0 Å². The number of rotatable bonds is 6. The molecule has 0 radical (unpaired) electrons. The van der Waals surface area contributed by atoms with Crippen molar-refractivity contribution in [3.05, 3.63) is 62.1 Å². The van der Waals surface area contributed by atoms with Crippen LogP contribution in [-0.4, -0.2) is 51.6 Å². The Balaban J connectivity index is 1.82. The monoisotopic (exact) mass is 634 g/mol. The third kappa shape index (κ3) is 7.04. The summed E-state index contributed by atoms with van der Waals surface area (Å²) in [7, 11) is 0. The molecule has 0 spiro atoms. The predicted octanol–water partition coefficient (Wildman–Crippen LogP) is 6.94. The molecule has 0 bridgehead atoms. The lowest BCUT2D eigenvalue weighted by molar-refractivity contribution is -0.384. The number of ether oxygens (including phenoxy) is 1. The Labute approximate surface area is 229 Å². The van der Waals surface area contributed by atoms with Gasteiger partial charge >= 0.3 is 6.09 Å². The van der Waals surface area contributed by atoms with Gasteiger partial charge < -0.3 is 19.9 Å². The number of carbonyl (C=O) groups excluding carboxylic acids is 1. The summed E-state index contributed by atoms with van der Waals surface area (Å²) in [5.74, 6) is 0. The number of piperazine rings is 1. The van der Waals surface area contributed by atoms with Gasteiger partial charge in [-0.25, -0.2) is 4.79 Å². The Morgan fingerprint density at radius 1 is 1.26 bits per heavy atom. The molecule has 0 unspecified atom stereocenters. The minimum absolute atomic E-state index is 0.0245. The highest BCUT2D eigenvalue weighted by Crippen LogP contribution is 2.35. The van der Waals surface area contributed by atoms with Gasteiger partial charge in [0.1, 0.15) is 11.3 Å². The zero-order valence-electron chi connectivity index (χ0n) is 20.1. The van der Waals surface area contributed by atoms with E-state index in [1.54, 1.807) is 35.2 Å². The van der Waals surface area contributed by atoms with E-state index < -0.39 is 10.5 Å². The van der Waals surface area contributed by atoms with Crippen LogP contribution in [0.25, 0.3) is 0 Å². The summed E-state index contributed by atoms with van der Waals surface area (Å²) in [6, 6.07) is 9.89. The average molecular weight is 635 g/mol. The summed E-state index contributed by atoms with van der Waals surface area (Å²) in [6.45, 7) is 9.12. The molecular formula is C24H29Cl2IN4O4. The number of hydrogen-bond donors (Lipinski definition) is 1. The van der Waals surface area contributed by atoms with E-state index in [4.69, 9.17) is 27.9 Å². The third-order valence-electron chi connectivity index (χ3n) is 5.63. The van der Waals surface area contributed by atoms with Gasteiger partial charge in [0.25, 0.3) is 5.69 Å². The van der Waals surface area contributed by atoms with E-state index in [9.17, 15) is 14.9 Å². The first-order valence-corrected chi connectivity index (χ1v) is 13.5. The highest BCUT2D eigenvalue weighted by molar-refractivity contribution is 14.1. The number of anilines is 2. The van der Waals surface area contributed by atoms with Crippen LogP contribution < -0.4 is 10.2 Å². The largest absolute Gasteiger partial charge is 0.444 e. The lowest BCUT2D eigenvalue weighted by Gasteiger charge is -2.42. The molecule has 35 heavy (non-hydrogen) atoms. The molecule has 1 heterocycles. The van der Waals surface area contributed by atoms with Crippen LogP contribution in [0.5, 0.6) is 0 Å². The number of amides is 1. The Morgan fingerprint density at radius 3 is 2.57 bits per heavy atom. The van der Waals surface area contributed by atoms with E-state index in [1.165, 1.54) is 6.07 Å². The molecule has 2 aromatic rings. The number of nitro benzene ring substituents is 1. The average Bonchev–Trinajstić information content (AvgIpc) is 2.77. The van der Waals surface area contributed by atoms with Crippen molar-refractivity contribution in [2.75, 3.05) is 34.3 Å². The molecule has 1 amide bonds. The molecule has 0 saturated carbocycles. The van der Waals surface area contributed by atoms with Gasteiger partial charge in [-0.05, 0) is 57.5 Å². The molecule has 0 aliphatic carbocycles. The molecule has 1 N–H and O–H groups in total. The molecule has 1 fully saturated rings. The minimum atomic E-state index is -0.563. The third-order valence-corrected chi connectivity index (χ3v) is 7.21. The fourth-order valence-electron chi connectivity index (χ4n) is 3.94. The maximum atomic E-state index is 12.7. The fourth-order valence-corrected chi connectivity index (χ4v) is 5.27. The number of halogens is 3. The highest BCUT2D eigenvalue weighted by atomic mass is 127. The molecule has 1 aliphatic heterocycles. The normalized spacial score (nSPS) is 17.2. The number of benzene rings is 2. The Hall–Kier alpha value is -1.98. The number of alkyl halides is 1. The molecule has 11 heteroatoms. The Morgan fingerprint density at radius 2 is 1.97 bits per heavy atom. The van der Waals surface area contributed by atoms with Gasteiger partial charge in [-0.15, -0.1) is 0 Å². The number of hydrogen-bond acceptors (Lipinski definition) is 6. The molecule has 190 valence electrons. The number of nitro groups is 1. The Bertz CT molecular complexity index is 1100. The first kappa shape index (κ1) is 27.6. The van der Waals surface area contributed by atoms with E-state index in [0.717, 1.165) is 15.7 Å². The van der Waals surface area contributed by atoms with E-state index in [1.807, 2.05) is 27.7 Å². The molecule has 1 saturated heterocycles. The van der Waals surface area contributed by atoms with Gasteiger partial charge in [0, 0.05) is 45.9 Å². The van der Waals surface area contributed by atoms with Crippen molar-refractivity contribution in [1.82, 2.24) is 4.90 Å². The van der Waals surface area contributed by atoms with Crippen LogP contribution in [0.2, 0.25) is 10.0 Å². The number of nitrogens with zero attached hydrogens (tertiary/aromatic N) is 3. The lowest BCUT2D eigenvalue weighted by Crippen LogP contribution is -2.57. The Kier molecular flexibility index (Phi) is 8.98. The smallest absolute Gasteiger partial charge is 0.410 e. The highest BCUT2D eigenvalue weighted by Gasteiger charge is 2.33. The number of carbonyl (C=O) groups is 1. The van der Waals surface area contributed by atoms with Crippen LogP contribution >= 0.6 is 45.8 Å². The van der Waals surface area contributed by atoms with Crippen LogP contribution in [0.15, 0.2) is 36.4 Å². The minimum Gasteiger partial charge on any atom is -0.444 e. The first-order valence-electron chi connectivity index (χ1n) is 11.2. The predicted molar refractivity (Wildman–Crippen MR) is 149 cm³/mol. The zero-order valence-corrected chi connectivity index (χ0v) is 23.7. The quantitative estimate of drug-likeness (QED) is 0.160. The lowest BCUT2D eigenvalue weighted by atomic mass is 10.1. The maximum Gasteiger partial charge on any atom is 0.410 e. The molecule has 2 aromatic carbocycles. The summed E-state index contributed by atoms with van der Waals surface area (Å²) < 4.78 is 6.31. The molecule has 2 atom stereocenters. The summed E-state index contributed by atoms with van der Waals surface area (Å²) in [5, 5.41) is 16.0. The van der Waals surface area contributed by atoms with Crippen molar-refractivity contribution in [3.8, 4) is 0 Å². The van der Waals surface area contributed by atoms with E-state index in [2.05, 4.69) is 32.8 Å². The van der Waals surface area contributed by atoms with Crippen LogP contribution in [0.4, 0.5) is 21.9 Å². The molecule has 0 aromatic heterocycles. The summed E-state index contributed by atoms with van der Waals surface area (Å²) in [6.07, 6.45) is -0.321. The van der Waals surface area contributed by atoms with Crippen LogP contribution in [-0.2, 0) is 4.74 Å². The van der Waals surface area contributed by atoms with Gasteiger partial charge in [-0.3, -0.25) is 10.1 Å². The molecule has 1 aliphatic rings. The standard InChI is InChI=1S/C24H29Cl2IN4O4/c1-15(19-7-5-16(25)11-20(19)26)28-21-12-17(6-8-22(21)31(33)34)29-9-10-30(18(13-27)14-29)23(32)35-24(2,3)4/h5-8,11-12,15,18,28H,9-10,13-14H2,1-4H3/t15-,18-/m1/s1. The fraction of sp³-hybridized carbons (Fsp3) is 0.458. The second kappa shape index (κ2) is 11.4. The van der Waals surface area contributed by atoms with E-state index >= 15 is 0 Å². The SMILES string of the molecule is C[C@@H](Nc1cc(N2CCN(C(=O)OC(C)(C)C)[C@H](CI)C2)ccc1[N+](=O)[O-])c1ccc(Cl)cc1Cl. The molecule has 3 rings (SSSR count). The van der Waals surface area contributed by atoms with E-state index in [0.29, 0.717) is 35.4 Å². The second-order valence-corrected chi connectivity index (χ2v) is 11.1. The van der Waals surface area contributed by atoms with E-state index in [-0.39, 0.29) is 23.9 Å². The van der Waals surface area contributed by atoms with Gasteiger partial charge in [0.2, 0.25) is 0 Å². The van der Waals surface area contributed by atoms with Crippen LogP contribution in [0.3, 0.4) is 0 Å². The first-order chi connectivity index (χ1) is 16.4. The van der Waals surface area contributed by atoms with Crippen LogP contribution in [0.1, 0.15) is 39.3 Å². The van der Waals surface area contributed by atoms with Gasteiger partial charge in [0.05, 0.1) is 17.0 Å². The zero-order chi connectivity index (χ0) is 25.9. The maximum absolute atomic E-state index is 12.7. The summed E-state index contributed by atoms with van der Waals surface area (Å²) >= 11 is 14.6. The van der Waals surface area contributed by atoms with Crippen molar-refractivity contribution in [3.63, 3.8) is 0 Å². The summed E-state index contributed by atoms with van der Waals surface area (Å²) in [4.78, 5) is 27.9. The van der Waals surface area contributed by atoms with Crippen molar-refractivity contribution in [2.45, 2.75) is 45.4 Å². The van der Waals surface area contributed by atoms with Crippen molar-refractivity contribution in [2.24, 2.45) is 0 Å². The van der Waals surface area contributed by atoms with Gasteiger partial charge in [-0.1, -0.05) is 51.9 Å². The van der Waals surface area contributed by atoms with Crippen LogP contribution in [0, 0.1) is 10.1 Å². The second-order valence-electron chi connectivity index (χ2n) is 9.42. The summed E-state index contributed by atoms with van der Waals surface area (Å²) in [5.41, 5.74) is 1.43. The van der Waals surface area contributed by atoms with Crippen molar-refractivity contribution >= 4 is 68.9 Å². The van der Waals surface area contributed by atoms with Gasteiger partial charge in [-0.2, -0.15) is 0 Å². The topological polar surface area (TPSA) is 88.0 Å². The molecular weight excluding hydrogens is 606 g/mol.